The molecule has 0 radical (unpaired) electrons. The molecule has 0 spiro atoms. The van der Waals surface area contributed by atoms with Crippen molar-refractivity contribution in [1.82, 2.24) is 15.1 Å². The number of halogens is 1. The van der Waals surface area contributed by atoms with Crippen LogP contribution in [-0.4, -0.2) is 16.8 Å². The van der Waals surface area contributed by atoms with E-state index in [1.165, 1.54) is 10.6 Å². The van der Waals surface area contributed by atoms with Crippen LogP contribution in [-0.2, 0) is 19.3 Å². The first-order chi connectivity index (χ1) is 9.13. The Morgan fingerprint density at radius 2 is 2.11 bits per heavy atom. The molecule has 1 N–H and O–H groups in total. The third-order valence-corrected chi connectivity index (χ3v) is 4.57. The van der Waals surface area contributed by atoms with Crippen molar-refractivity contribution in [2.75, 3.05) is 7.05 Å². The Morgan fingerprint density at radius 1 is 1.37 bits per heavy atom. The van der Waals surface area contributed by atoms with Gasteiger partial charge in [0.2, 0.25) is 0 Å². The van der Waals surface area contributed by atoms with E-state index in [9.17, 15) is 0 Å². The van der Waals surface area contributed by atoms with E-state index in [0.717, 1.165) is 28.6 Å². The summed E-state index contributed by atoms with van der Waals surface area (Å²) in [7, 11) is 3.94. The molecule has 19 heavy (non-hydrogen) atoms. The molecule has 1 aromatic carbocycles. The van der Waals surface area contributed by atoms with Gasteiger partial charge in [-0.2, -0.15) is 5.10 Å². The third kappa shape index (κ3) is 3.32. The minimum atomic E-state index is 0.823. The van der Waals surface area contributed by atoms with Gasteiger partial charge in [0, 0.05) is 29.9 Å². The minimum absolute atomic E-state index is 0.823. The number of thioether (sulfide) groups is 1. The van der Waals surface area contributed by atoms with Crippen molar-refractivity contribution >= 4 is 23.4 Å². The lowest BCUT2D eigenvalue weighted by Gasteiger charge is -2.07. The molecular weight excluding hydrogens is 278 g/mol. The molecule has 0 fully saturated rings. The van der Waals surface area contributed by atoms with Crippen molar-refractivity contribution < 1.29 is 0 Å². The first-order valence-electron chi connectivity index (χ1n) is 6.16. The normalized spacial score (nSPS) is 10.9. The van der Waals surface area contributed by atoms with E-state index in [4.69, 9.17) is 11.6 Å². The highest BCUT2D eigenvalue weighted by molar-refractivity contribution is 7.98. The number of hydrogen-bond donors (Lipinski definition) is 1. The molecule has 1 aromatic heterocycles. The predicted molar refractivity (Wildman–Crippen MR) is 81.7 cm³/mol. The molecule has 0 saturated heterocycles. The fraction of sp³-hybridized carbons (Fsp3) is 0.357. The Hall–Kier alpha value is -0.970. The molecule has 5 heteroatoms. The van der Waals surface area contributed by atoms with Crippen LogP contribution in [0.5, 0.6) is 0 Å². The molecular formula is C14H18ClN3S. The Balaban J connectivity index is 2.17. The summed E-state index contributed by atoms with van der Waals surface area (Å²) in [6, 6.07) is 7.97. The zero-order valence-corrected chi connectivity index (χ0v) is 13.0. The van der Waals surface area contributed by atoms with Gasteiger partial charge >= 0.3 is 0 Å². The summed E-state index contributed by atoms with van der Waals surface area (Å²) in [4.78, 5) is 0. The second-order valence-electron chi connectivity index (χ2n) is 4.40. The van der Waals surface area contributed by atoms with Crippen molar-refractivity contribution in [2.24, 2.45) is 7.05 Å². The Bertz CT molecular complexity index is 566. The van der Waals surface area contributed by atoms with Crippen molar-refractivity contribution in [1.29, 1.82) is 0 Å². The largest absolute Gasteiger partial charge is 0.316 e. The van der Waals surface area contributed by atoms with Gasteiger partial charge in [0.1, 0.15) is 0 Å². The fourth-order valence-corrected chi connectivity index (χ4v) is 3.45. The van der Waals surface area contributed by atoms with Crippen LogP contribution in [0.3, 0.4) is 0 Å². The van der Waals surface area contributed by atoms with Crippen LogP contribution in [0.15, 0.2) is 29.3 Å². The van der Waals surface area contributed by atoms with Crippen LogP contribution < -0.4 is 5.32 Å². The van der Waals surface area contributed by atoms with Gasteiger partial charge in [-0.3, -0.25) is 4.68 Å². The van der Waals surface area contributed by atoms with Crippen LogP contribution in [0.4, 0.5) is 0 Å². The molecule has 2 aromatic rings. The maximum Gasteiger partial charge on any atom is 0.0987 e. The van der Waals surface area contributed by atoms with E-state index < -0.39 is 0 Å². The summed E-state index contributed by atoms with van der Waals surface area (Å²) < 4.78 is 1.95. The van der Waals surface area contributed by atoms with Crippen molar-refractivity contribution in [2.45, 2.75) is 24.2 Å². The Labute approximate surface area is 123 Å². The van der Waals surface area contributed by atoms with Gasteiger partial charge in [0.05, 0.1) is 10.7 Å². The molecule has 3 nitrogen and oxygen atoms in total. The number of nitrogens with zero attached hydrogens (tertiary/aromatic N) is 2. The van der Waals surface area contributed by atoms with Crippen LogP contribution in [0.2, 0.25) is 5.02 Å². The van der Waals surface area contributed by atoms with Gasteiger partial charge in [-0.05, 0) is 25.6 Å². The molecule has 0 aliphatic rings. The quantitative estimate of drug-likeness (QED) is 0.858. The number of hydrogen-bond acceptors (Lipinski definition) is 3. The number of benzene rings is 1. The van der Waals surface area contributed by atoms with E-state index in [0.29, 0.717) is 0 Å². The average Bonchev–Trinajstić information content (AvgIpc) is 2.64. The second-order valence-corrected chi connectivity index (χ2v) is 5.77. The zero-order valence-electron chi connectivity index (χ0n) is 11.4. The molecule has 0 aliphatic heterocycles. The van der Waals surface area contributed by atoms with Crippen LogP contribution in [0, 0.1) is 6.92 Å². The lowest BCUT2D eigenvalue weighted by Crippen LogP contribution is -2.06. The van der Waals surface area contributed by atoms with E-state index in [-0.39, 0.29) is 0 Å². The van der Waals surface area contributed by atoms with Crippen molar-refractivity contribution in [3.63, 3.8) is 0 Å². The summed E-state index contributed by atoms with van der Waals surface area (Å²) in [6.45, 7) is 2.89. The summed E-state index contributed by atoms with van der Waals surface area (Å²) in [5, 5.41) is 9.71. The summed E-state index contributed by atoms with van der Waals surface area (Å²) in [5.74, 6) is 0.857. The van der Waals surface area contributed by atoms with Gasteiger partial charge in [-0.1, -0.05) is 29.8 Å². The van der Waals surface area contributed by atoms with E-state index in [2.05, 4.69) is 16.5 Å². The highest BCUT2D eigenvalue weighted by atomic mass is 35.5. The molecule has 0 aliphatic carbocycles. The molecule has 0 unspecified atom stereocenters. The topological polar surface area (TPSA) is 29.9 Å². The third-order valence-electron chi connectivity index (χ3n) is 2.96. The lowest BCUT2D eigenvalue weighted by molar-refractivity contribution is 0.683. The van der Waals surface area contributed by atoms with Crippen molar-refractivity contribution in [3.05, 3.63) is 46.1 Å². The Morgan fingerprint density at radius 3 is 2.79 bits per heavy atom. The van der Waals surface area contributed by atoms with Gasteiger partial charge in [-0.15, -0.1) is 11.8 Å². The molecule has 0 bridgehead atoms. The minimum Gasteiger partial charge on any atom is -0.316 e. The highest BCUT2D eigenvalue weighted by Crippen LogP contribution is 2.30. The first-order valence-corrected chi connectivity index (χ1v) is 7.53. The van der Waals surface area contributed by atoms with Crippen molar-refractivity contribution in [3.8, 4) is 0 Å². The van der Waals surface area contributed by atoms with E-state index in [1.54, 1.807) is 11.8 Å². The second kappa shape index (κ2) is 6.46. The van der Waals surface area contributed by atoms with Crippen LogP contribution in [0.25, 0.3) is 0 Å². The smallest absolute Gasteiger partial charge is 0.0987 e. The Kier molecular flexibility index (Phi) is 4.91. The summed E-state index contributed by atoms with van der Waals surface area (Å²) >= 11 is 7.97. The van der Waals surface area contributed by atoms with Crippen LogP contribution >= 0.6 is 23.4 Å². The predicted octanol–water partition coefficient (Wildman–Crippen LogP) is 3.39. The number of rotatable bonds is 5. The fourth-order valence-electron chi connectivity index (χ4n) is 2.00. The number of aryl methyl sites for hydroxylation is 2. The molecule has 0 amide bonds. The number of nitrogens with one attached hydrogen (secondary N) is 1. The summed E-state index contributed by atoms with van der Waals surface area (Å²) in [6.07, 6.45) is 0. The maximum atomic E-state index is 6.19. The van der Waals surface area contributed by atoms with Gasteiger partial charge in [0.15, 0.2) is 0 Å². The lowest BCUT2D eigenvalue weighted by atomic mass is 10.2. The van der Waals surface area contributed by atoms with E-state index in [1.807, 2.05) is 43.9 Å². The molecule has 2 rings (SSSR count). The molecule has 0 atom stereocenters. The monoisotopic (exact) mass is 295 g/mol. The highest BCUT2D eigenvalue weighted by Gasteiger charge is 2.13. The van der Waals surface area contributed by atoms with Crippen LogP contribution in [0.1, 0.15) is 16.8 Å². The van der Waals surface area contributed by atoms with E-state index >= 15 is 0 Å². The SMILES string of the molecule is CNCc1c(C)nn(C)c1SCc1ccccc1Cl. The molecule has 0 saturated carbocycles. The molecule has 1 heterocycles. The average molecular weight is 296 g/mol. The number of aromatic nitrogens is 2. The maximum absolute atomic E-state index is 6.19. The zero-order chi connectivity index (χ0) is 13.8. The molecule has 102 valence electrons. The van der Waals surface area contributed by atoms with Gasteiger partial charge in [-0.25, -0.2) is 0 Å². The standard InChI is InChI=1S/C14H18ClN3S/c1-10-12(8-16-2)14(18(3)17-10)19-9-11-6-4-5-7-13(11)15/h4-7,16H,8-9H2,1-3H3. The van der Waals surface area contributed by atoms with Gasteiger partial charge in [0.25, 0.3) is 0 Å². The summed E-state index contributed by atoms with van der Waals surface area (Å²) in [5.41, 5.74) is 3.50. The van der Waals surface area contributed by atoms with Gasteiger partial charge < -0.3 is 5.32 Å². The first kappa shape index (κ1) is 14.4.